The van der Waals surface area contributed by atoms with Crippen LogP contribution in [0.2, 0.25) is 0 Å². The molecule has 4 rings (SSSR count). The summed E-state index contributed by atoms with van der Waals surface area (Å²) in [5.74, 6) is -0.267. The Morgan fingerprint density at radius 2 is 1.85 bits per heavy atom. The van der Waals surface area contributed by atoms with Crippen LogP contribution in [0.15, 0.2) is 67.3 Å². The molecule has 0 radical (unpaired) electrons. The van der Waals surface area contributed by atoms with Crippen molar-refractivity contribution in [3.8, 4) is 11.4 Å². The van der Waals surface area contributed by atoms with E-state index >= 15 is 0 Å². The van der Waals surface area contributed by atoms with Crippen molar-refractivity contribution in [1.29, 1.82) is 0 Å². The van der Waals surface area contributed by atoms with Crippen LogP contribution >= 0.6 is 0 Å². The molecular formula is C24H25N5O4. The molecule has 9 nitrogen and oxygen atoms in total. The van der Waals surface area contributed by atoms with Crippen LogP contribution in [0.5, 0.6) is 5.75 Å². The van der Waals surface area contributed by atoms with Crippen LogP contribution in [0.1, 0.15) is 31.0 Å². The standard InChI is InChI=1S/C24H25N5O4/c1-16(17-4-8-19(9-5-17)28-13-12-25-15-28)26-21(30)14-29-22(31)24(2,27-23(29)32)18-6-10-20(33-3)11-7-18/h4-13,15-16H,14H2,1-3H3,(H,26,30)(H,27,32)/t16-,24-/m1/s1. The molecule has 1 saturated heterocycles. The average Bonchev–Trinajstić information content (AvgIpc) is 3.43. The van der Waals surface area contributed by atoms with Crippen molar-refractivity contribution in [2.45, 2.75) is 25.4 Å². The number of urea groups is 1. The number of ether oxygens (including phenoxy) is 1. The van der Waals surface area contributed by atoms with E-state index in [0.717, 1.165) is 16.2 Å². The minimum absolute atomic E-state index is 0.303. The van der Waals surface area contributed by atoms with Gasteiger partial charge < -0.3 is 19.9 Å². The lowest BCUT2D eigenvalue weighted by molar-refractivity contribution is -0.135. The summed E-state index contributed by atoms with van der Waals surface area (Å²) < 4.78 is 7.02. The Labute approximate surface area is 191 Å². The first-order valence-electron chi connectivity index (χ1n) is 10.5. The van der Waals surface area contributed by atoms with Crippen LogP contribution in [-0.2, 0) is 15.1 Å². The van der Waals surface area contributed by atoms with Crippen LogP contribution in [-0.4, -0.2) is 46.0 Å². The molecule has 0 bridgehead atoms. The number of rotatable bonds is 7. The number of carbonyl (C=O) groups is 3. The number of benzene rings is 2. The van der Waals surface area contributed by atoms with E-state index in [1.807, 2.05) is 42.0 Å². The van der Waals surface area contributed by atoms with Gasteiger partial charge in [0, 0.05) is 18.1 Å². The van der Waals surface area contributed by atoms with Gasteiger partial charge in [-0.15, -0.1) is 0 Å². The Morgan fingerprint density at radius 3 is 2.45 bits per heavy atom. The molecule has 4 amide bonds. The number of hydrogen-bond donors (Lipinski definition) is 2. The molecule has 2 atom stereocenters. The van der Waals surface area contributed by atoms with Crippen LogP contribution in [0.4, 0.5) is 4.79 Å². The Balaban J connectivity index is 1.40. The van der Waals surface area contributed by atoms with Gasteiger partial charge in [0.25, 0.3) is 5.91 Å². The average molecular weight is 447 g/mol. The molecule has 9 heteroatoms. The first-order chi connectivity index (χ1) is 15.8. The van der Waals surface area contributed by atoms with Crippen molar-refractivity contribution in [2.24, 2.45) is 0 Å². The van der Waals surface area contributed by atoms with Crippen LogP contribution in [0.25, 0.3) is 5.69 Å². The number of amides is 4. The van der Waals surface area contributed by atoms with Gasteiger partial charge in [0.1, 0.15) is 17.8 Å². The maximum atomic E-state index is 13.1. The monoisotopic (exact) mass is 447 g/mol. The van der Waals surface area contributed by atoms with Gasteiger partial charge in [0.15, 0.2) is 0 Å². The SMILES string of the molecule is COc1ccc([C@@]2(C)NC(=O)N(CC(=O)N[C@H](C)c3ccc(-n4ccnc4)cc3)C2=O)cc1. The lowest BCUT2D eigenvalue weighted by Gasteiger charge is -2.22. The summed E-state index contributed by atoms with van der Waals surface area (Å²) in [5.41, 5.74) is 1.20. The van der Waals surface area contributed by atoms with Gasteiger partial charge in [-0.25, -0.2) is 9.78 Å². The van der Waals surface area contributed by atoms with Gasteiger partial charge in [-0.3, -0.25) is 14.5 Å². The maximum absolute atomic E-state index is 13.1. The predicted octanol–water partition coefficient (Wildman–Crippen LogP) is 2.53. The number of methoxy groups -OCH3 is 1. The fourth-order valence-electron chi connectivity index (χ4n) is 3.82. The smallest absolute Gasteiger partial charge is 0.325 e. The van der Waals surface area contributed by atoms with Gasteiger partial charge in [-0.05, 0) is 49.2 Å². The van der Waals surface area contributed by atoms with Crippen LogP contribution in [0.3, 0.4) is 0 Å². The highest BCUT2D eigenvalue weighted by Crippen LogP contribution is 2.30. The first-order valence-corrected chi connectivity index (χ1v) is 10.5. The summed E-state index contributed by atoms with van der Waals surface area (Å²) in [6.07, 6.45) is 5.25. The summed E-state index contributed by atoms with van der Waals surface area (Å²) in [4.78, 5) is 43.2. The fourth-order valence-corrected chi connectivity index (χ4v) is 3.82. The van der Waals surface area contributed by atoms with Gasteiger partial charge >= 0.3 is 6.03 Å². The number of imidazole rings is 1. The van der Waals surface area contributed by atoms with E-state index < -0.39 is 23.4 Å². The summed E-state index contributed by atoms with van der Waals surface area (Å²) in [5, 5.41) is 5.56. The van der Waals surface area contributed by atoms with E-state index in [4.69, 9.17) is 4.74 Å². The molecule has 2 N–H and O–H groups in total. The molecule has 1 aromatic heterocycles. The quantitative estimate of drug-likeness (QED) is 0.542. The highest BCUT2D eigenvalue weighted by atomic mass is 16.5. The minimum Gasteiger partial charge on any atom is -0.497 e. The summed E-state index contributed by atoms with van der Waals surface area (Å²) >= 11 is 0. The Hall–Kier alpha value is -4.14. The number of imide groups is 1. The zero-order chi connectivity index (χ0) is 23.6. The molecule has 2 heterocycles. The topological polar surface area (TPSA) is 106 Å². The third-order valence-electron chi connectivity index (χ3n) is 5.82. The Morgan fingerprint density at radius 1 is 1.15 bits per heavy atom. The lowest BCUT2D eigenvalue weighted by atomic mass is 9.92. The molecule has 170 valence electrons. The molecule has 0 aliphatic carbocycles. The van der Waals surface area contributed by atoms with E-state index in [0.29, 0.717) is 11.3 Å². The molecule has 1 fully saturated rings. The number of aromatic nitrogens is 2. The van der Waals surface area contributed by atoms with E-state index in [1.54, 1.807) is 50.8 Å². The Kier molecular flexibility index (Phi) is 5.87. The number of hydrogen-bond acceptors (Lipinski definition) is 5. The number of nitrogens with one attached hydrogen (secondary N) is 2. The van der Waals surface area contributed by atoms with E-state index in [-0.39, 0.29) is 12.6 Å². The van der Waals surface area contributed by atoms with E-state index in [2.05, 4.69) is 15.6 Å². The van der Waals surface area contributed by atoms with Crippen molar-refractivity contribution in [2.75, 3.05) is 13.7 Å². The van der Waals surface area contributed by atoms with Crippen molar-refractivity contribution in [3.05, 3.63) is 78.4 Å². The van der Waals surface area contributed by atoms with Crippen LogP contribution < -0.4 is 15.4 Å². The first kappa shape index (κ1) is 22.1. The highest BCUT2D eigenvalue weighted by molar-refractivity contribution is 6.09. The van der Waals surface area contributed by atoms with Crippen molar-refractivity contribution >= 4 is 17.8 Å². The zero-order valence-electron chi connectivity index (χ0n) is 18.6. The molecule has 3 aromatic rings. The number of carbonyl (C=O) groups excluding carboxylic acids is 3. The minimum atomic E-state index is -1.25. The van der Waals surface area contributed by atoms with E-state index in [1.165, 1.54) is 0 Å². The van der Waals surface area contributed by atoms with Crippen molar-refractivity contribution in [1.82, 2.24) is 25.1 Å². The second-order valence-corrected chi connectivity index (χ2v) is 8.03. The molecule has 0 unspecified atom stereocenters. The number of nitrogens with zero attached hydrogens (tertiary/aromatic N) is 3. The zero-order valence-corrected chi connectivity index (χ0v) is 18.6. The molecule has 0 saturated carbocycles. The Bertz CT molecular complexity index is 1160. The van der Waals surface area contributed by atoms with Crippen LogP contribution in [0, 0.1) is 0 Å². The van der Waals surface area contributed by atoms with Gasteiger partial charge in [0.05, 0.1) is 19.5 Å². The predicted molar refractivity (Wildman–Crippen MR) is 121 cm³/mol. The summed E-state index contributed by atoms with van der Waals surface area (Å²) in [6.45, 7) is 3.10. The second-order valence-electron chi connectivity index (χ2n) is 8.03. The molecule has 0 spiro atoms. The van der Waals surface area contributed by atoms with Gasteiger partial charge in [-0.2, -0.15) is 0 Å². The highest BCUT2D eigenvalue weighted by Gasteiger charge is 2.49. The fraction of sp³-hybridized carbons (Fsp3) is 0.250. The third kappa shape index (κ3) is 4.30. The van der Waals surface area contributed by atoms with Gasteiger partial charge in [-0.1, -0.05) is 24.3 Å². The lowest BCUT2D eigenvalue weighted by Crippen LogP contribution is -2.43. The molecule has 1 aliphatic heterocycles. The molecular weight excluding hydrogens is 422 g/mol. The van der Waals surface area contributed by atoms with Crippen molar-refractivity contribution < 1.29 is 19.1 Å². The molecule has 2 aromatic carbocycles. The second kappa shape index (κ2) is 8.78. The normalized spacial score (nSPS) is 18.7. The van der Waals surface area contributed by atoms with Gasteiger partial charge in [0.2, 0.25) is 5.91 Å². The van der Waals surface area contributed by atoms with E-state index in [9.17, 15) is 14.4 Å². The summed E-state index contributed by atoms with van der Waals surface area (Å²) in [6, 6.07) is 13.6. The van der Waals surface area contributed by atoms with Crippen molar-refractivity contribution in [3.63, 3.8) is 0 Å². The maximum Gasteiger partial charge on any atom is 0.325 e. The third-order valence-corrected chi connectivity index (χ3v) is 5.82. The summed E-state index contributed by atoms with van der Waals surface area (Å²) in [7, 11) is 1.55. The molecule has 33 heavy (non-hydrogen) atoms. The molecule has 1 aliphatic rings. The largest absolute Gasteiger partial charge is 0.497 e.